The number of halogens is 1. The van der Waals surface area contributed by atoms with Crippen LogP contribution in [0, 0.1) is 0 Å². The van der Waals surface area contributed by atoms with Crippen molar-refractivity contribution in [3.63, 3.8) is 0 Å². The lowest BCUT2D eigenvalue weighted by molar-refractivity contribution is 0.0238. The van der Waals surface area contributed by atoms with Gasteiger partial charge in [-0.05, 0) is 37.0 Å². The molecule has 112 valence electrons. The van der Waals surface area contributed by atoms with Crippen LogP contribution in [-0.2, 0) is 6.54 Å². The molecule has 3 heteroatoms. The molecule has 0 radical (unpaired) electrons. The highest BCUT2D eigenvalue weighted by Gasteiger charge is 2.38. The van der Waals surface area contributed by atoms with E-state index < -0.39 is 0 Å². The van der Waals surface area contributed by atoms with E-state index in [0.29, 0.717) is 6.04 Å². The number of benzene rings is 1. The first-order valence-corrected chi connectivity index (χ1v) is 8.24. The number of nitrogens with zero attached hydrogens (tertiary/aromatic N) is 1. The fraction of sp³-hybridized carbons (Fsp3) is 0.647. The smallest absolute Gasteiger partial charge is 0.0409 e. The van der Waals surface area contributed by atoms with Gasteiger partial charge in [0, 0.05) is 36.2 Å². The maximum Gasteiger partial charge on any atom is 0.0409 e. The SMILES string of the molecule is CCC1CN(Cc2cccc(Cl)c2)C(CC)(CC)CN1. The van der Waals surface area contributed by atoms with Crippen molar-refractivity contribution < 1.29 is 0 Å². The lowest BCUT2D eigenvalue weighted by Gasteiger charge is -2.49. The second-order valence-electron chi connectivity index (χ2n) is 5.93. The van der Waals surface area contributed by atoms with Crippen molar-refractivity contribution in [2.45, 2.75) is 58.2 Å². The van der Waals surface area contributed by atoms with Gasteiger partial charge >= 0.3 is 0 Å². The first-order valence-electron chi connectivity index (χ1n) is 7.86. The third-order valence-electron chi connectivity index (χ3n) is 4.90. The van der Waals surface area contributed by atoms with Crippen LogP contribution in [0.3, 0.4) is 0 Å². The Labute approximate surface area is 128 Å². The predicted octanol–water partition coefficient (Wildman–Crippen LogP) is 4.08. The van der Waals surface area contributed by atoms with E-state index in [4.69, 9.17) is 11.6 Å². The molecular weight excluding hydrogens is 268 g/mol. The van der Waals surface area contributed by atoms with Crippen molar-refractivity contribution in [3.8, 4) is 0 Å². The molecule has 1 fully saturated rings. The van der Waals surface area contributed by atoms with E-state index in [0.717, 1.165) is 24.7 Å². The van der Waals surface area contributed by atoms with Gasteiger partial charge < -0.3 is 5.32 Å². The number of hydrogen-bond donors (Lipinski definition) is 1. The summed E-state index contributed by atoms with van der Waals surface area (Å²) in [6.45, 7) is 10.1. The van der Waals surface area contributed by atoms with E-state index in [-0.39, 0.29) is 5.54 Å². The summed E-state index contributed by atoms with van der Waals surface area (Å²) in [4.78, 5) is 2.67. The van der Waals surface area contributed by atoms with Crippen molar-refractivity contribution in [1.82, 2.24) is 10.2 Å². The maximum atomic E-state index is 6.13. The second kappa shape index (κ2) is 6.93. The Bertz CT molecular complexity index is 429. The molecule has 0 bridgehead atoms. The van der Waals surface area contributed by atoms with E-state index in [1.54, 1.807) is 0 Å². The summed E-state index contributed by atoms with van der Waals surface area (Å²) in [6.07, 6.45) is 3.57. The average molecular weight is 295 g/mol. The Morgan fingerprint density at radius 2 is 2.05 bits per heavy atom. The Morgan fingerprint density at radius 3 is 2.65 bits per heavy atom. The molecule has 0 aromatic heterocycles. The van der Waals surface area contributed by atoms with Gasteiger partial charge in [-0.25, -0.2) is 0 Å². The summed E-state index contributed by atoms with van der Waals surface area (Å²) in [5.41, 5.74) is 1.61. The predicted molar refractivity (Wildman–Crippen MR) is 87.3 cm³/mol. The molecule has 1 aromatic carbocycles. The highest BCUT2D eigenvalue weighted by Crippen LogP contribution is 2.29. The van der Waals surface area contributed by atoms with Crippen molar-refractivity contribution in [2.75, 3.05) is 13.1 Å². The van der Waals surface area contributed by atoms with Gasteiger partial charge in [0.2, 0.25) is 0 Å². The van der Waals surface area contributed by atoms with Crippen LogP contribution in [0.2, 0.25) is 5.02 Å². The molecule has 1 aromatic rings. The molecule has 1 unspecified atom stereocenters. The quantitative estimate of drug-likeness (QED) is 0.880. The van der Waals surface area contributed by atoms with Crippen molar-refractivity contribution in [2.24, 2.45) is 0 Å². The van der Waals surface area contributed by atoms with Gasteiger partial charge in [-0.1, -0.05) is 44.5 Å². The van der Waals surface area contributed by atoms with Crippen LogP contribution in [-0.4, -0.2) is 29.6 Å². The summed E-state index contributed by atoms with van der Waals surface area (Å²) in [7, 11) is 0. The van der Waals surface area contributed by atoms with Gasteiger partial charge in [0.25, 0.3) is 0 Å². The van der Waals surface area contributed by atoms with Gasteiger partial charge in [0.15, 0.2) is 0 Å². The zero-order valence-corrected chi connectivity index (χ0v) is 13.7. The summed E-state index contributed by atoms with van der Waals surface area (Å²) < 4.78 is 0. The lowest BCUT2D eigenvalue weighted by Crippen LogP contribution is -2.63. The molecule has 2 nitrogen and oxygen atoms in total. The van der Waals surface area contributed by atoms with E-state index in [2.05, 4.69) is 49.2 Å². The van der Waals surface area contributed by atoms with Gasteiger partial charge in [0.1, 0.15) is 0 Å². The van der Waals surface area contributed by atoms with Crippen LogP contribution in [0.4, 0.5) is 0 Å². The number of nitrogens with one attached hydrogen (secondary N) is 1. The molecule has 0 spiro atoms. The minimum atomic E-state index is 0.286. The summed E-state index contributed by atoms with van der Waals surface area (Å²) in [5, 5.41) is 4.56. The number of hydrogen-bond acceptors (Lipinski definition) is 2. The van der Waals surface area contributed by atoms with E-state index in [9.17, 15) is 0 Å². The summed E-state index contributed by atoms with van der Waals surface area (Å²) >= 11 is 6.13. The van der Waals surface area contributed by atoms with Crippen LogP contribution < -0.4 is 5.32 Å². The molecule has 1 aliphatic rings. The van der Waals surface area contributed by atoms with E-state index in [1.807, 2.05) is 6.07 Å². The molecule has 0 aliphatic carbocycles. The zero-order valence-electron chi connectivity index (χ0n) is 13.0. The summed E-state index contributed by atoms with van der Waals surface area (Å²) in [6, 6.07) is 8.90. The van der Waals surface area contributed by atoms with Crippen LogP contribution in [0.1, 0.15) is 45.6 Å². The molecule has 20 heavy (non-hydrogen) atoms. The molecular formula is C17H27ClN2. The van der Waals surface area contributed by atoms with Gasteiger partial charge in [-0.2, -0.15) is 0 Å². The fourth-order valence-electron chi connectivity index (χ4n) is 3.28. The first kappa shape index (κ1) is 15.8. The van der Waals surface area contributed by atoms with Crippen molar-refractivity contribution in [3.05, 3.63) is 34.9 Å². The van der Waals surface area contributed by atoms with Crippen LogP contribution >= 0.6 is 11.6 Å². The maximum absolute atomic E-state index is 6.13. The highest BCUT2D eigenvalue weighted by atomic mass is 35.5. The lowest BCUT2D eigenvalue weighted by atomic mass is 9.86. The largest absolute Gasteiger partial charge is 0.311 e. The van der Waals surface area contributed by atoms with Gasteiger partial charge in [-0.15, -0.1) is 0 Å². The van der Waals surface area contributed by atoms with E-state index in [1.165, 1.54) is 24.8 Å². The monoisotopic (exact) mass is 294 g/mol. The van der Waals surface area contributed by atoms with Crippen LogP contribution in [0.25, 0.3) is 0 Å². The standard InChI is InChI=1S/C17H27ClN2/c1-4-16-12-20(17(5-2,6-3)13-19-16)11-14-8-7-9-15(18)10-14/h7-10,16,19H,4-6,11-13H2,1-3H3. The second-order valence-corrected chi connectivity index (χ2v) is 6.36. The van der Waals surface area contributed by atoms with E-state index >= 15 is 0 Å². The Balaban J connectivity index is 2.18. The molecule has 0 amide bonds. The molecule has 1 heterocycles. The minimum absolute atomic E-state index is 0.286. The van der Waals surface area contributed by atoms with Crippen molar-refractivity contribution >= 4 is 11.6 Å². The average Bonchev–Trinajstić information content (AvgIpc) is 2.47. The van der Waals surface area contributed by atoms with Crippen LogP contribution in [0.5, 0.6) is 0 Å². The van der Waals surface area contributed by atoms with Gasteiger partial charge in [-0.3, -0.25) is 4.90 Å². The molecule has 1 atom stereocenters. The molecule has 1 saturated heterocycles. The Morgan fingerprint density at radius 1 is 1.30 bits per heavy atom. The molecule has 2 rings (SSSR count). The zero-order chi connectivity index (χ0) is 14.6. The number of piperazine rings is 1. The third-order valence-corrected chi connectivity index (χ3v) is 5.14. The Hall–Kier alpha value is -0.570. The highest BCUT2D eigenvalue weighted by molar-refractivity contribution is 6.30. The van der Waals surface area contributed by atoms with Gasteiger partial charge in [0.05, 0.1) is 0 Å². The fourth-order valence-corrected chi connectivity index (χ4v) is 3.49. The molecule has 1 aliphatic heterocycles. The third kappa shape index (κ3) is 3.36. The van der Waals surface area contributed by atoms with Crippen LogP contribution in [0.15, 0.2) is 24.3 Å². The Kier molecular flexibility index (Phi) is 5.48. The number of rotatable bonds is 5. The minimum Gasteiger partial charge on any atom is -0.311 e. The molecule has 1 N–H and O–H groups in total. The normalized spacial score (nSPS) is 22.9. The van der Waals surface area contributed by atoms with Crippen molar-refractivity contribution in [1.29, 1.82) is 0 Å². The topological polar surface area (TPSA) is 15.3 Å². The summed E-state index contributed by atoms with van der Waals surface area (Å²) in [5.74, 6) is 0. The first-order chi connectivity index (χ1) is 9.63. The molecule has 0 saturated carbocycles.